The Labute approximate surface area is 113 Å². The molecule has 2 aromatic rings. The molecule has 2 rings (SSSR count). The largest absolute Gasteiger partial charge is 0.481 e. The van der Waals surface area contributed by atoms with Gasteiger partial charge in [-0.05, 0) is 13.8 Å². The van der Waals surface area contributed by atoms with Crippen molar-refractivity contribution < 1.29 is 14.4 Å². The number of nitrogens with zero attached hydrogens (tertiary/aromatic N) is 5. The number of aryl methyl sites for hydroxylation is 3. The van der Waals surface area contributed by atoms with Crippen molar-refractivity contribution in [3.05, 3.63) is 17.5 Å². The maximum Gasteiger partial charge on any atom is 0.313 e. The Bertz CT molecular complexity index is 579. The van der Waals surface area contributed by atoms with Gasteiger partial charge in [-0.1, -0.05) is 16.9 Å². The monoisotopic (exact) mass is 283 g/mol. The maximum absolute atomic E-state index is 10.6. The summed E-state index contributed by atoms with van der Waals surface area (Å²) in [6.45, 7) is 4.14. The van der Waals surface area contributed by atoms with E-state index in [0.29, 0.717) is 29.8 Å². The summed E-state index contributed by atoms with van der Waals surface area (Å²) in [7, 11) is 0. The third-order valence-electron chi connectivity index (χ3n) is 2.35. The van der Waals surface area contributed by atoms with Crippen LogP contribution in [-0.4, -0.2) is 41.7 Å². The van der Waals surface area contributed by atoms with Crippen molar-refractivity contribution in [2.75, 3.05) is 5.75 Å². The van der Waals surface area contributed by atoms with Crippen molar-refractivity contribution in [3.63, 3.8) is 0 Å². The van der Waals surface area contributed by atoms with E-state index in [1.165, 1.54) is 0 Å². The molecule has 0 aliphatic heterocycles. The zero-order valence-electron chi connectivity index (χ0n) is 10.5. The van der Waals surface area contributed by atoms with Crippen molar-refractivity contribution in [1.82, 2.24) is 24.9 Å². The van der Waals surface area contributed by atoms with E-state index in [-0.39, 0.29) is 5.75 Å². The number of carbonyl (C=O) groups is 1. The molecule has 2 heterocycles. The van der Waals surface area contributed by atoms with Gasteiger partial charge in [-0.25, -0.2) is 0 Å². The second-order valence-electron chi connectivity index (χ2n) is 3.85. The average molecular weight is 283 g/mol. The van der Waals surface area contributed by atoms with Crippen LogP contribution in [0, 0.1) is 13.8 Å². The molecule has 0 aliphatic carbocycles. The SMILES string of the molecule is Cc1noc(CCn2c(C)nnc2SCC(=O)O)n1. The Hall–Kier alpha value is -1.90. The smallest absolute Gasteiger partial charge is 0.313 e. The second kappa shape index (κ2) is 5.83. The molecular formula is C10H13N5O3S. The fraction of sp³-hybridized carbons (Fsp3) is 0.500. The number of hydrogen-bond donors (Lipinski definition) is 1. The summed E-state index contributed by atoms with van der Waals surface area (Å²) < 4.78 is 6.86. The first-order valence-electron chi connectivity index (χ1n) is 5.60. The van der Waals surface area contributed by atoms with Crippen LogP contribution in [0.25, 0.3) is 0 Å². The van der Waals surface area contributed by atoms with Crippen LogP contribution in [0.4, 0.5) is 0 Å². The summed E-state index contributed by atoms with van der Waals surface area (Å²) in [6, 6.07) is 0. The summed E-state index contributed by atoms with van der Waals surface area (Å²) in [5.41, 5.74) is 0. The van der Waals surface area contributed by atoms with Crippen LogP contribution in [0.15, 0.2) is 9.68 Å². The summed E-state index contributed by atoms with van der Waals surface area (Å²) >= 11 is 1.14. The van der Waals surface area contributed by atoms with Gasteiger partial charge in [0.05, 0.1) is 5.75 Å². The molecule has 0 bridgehead atoms. The van der Waals surface area contributed by atoms with E-state index in [1.807, 2.05) is 11.5 Å². The van der Waals surface area contributed by atoms with Crippen molar-refractivity contribution >= 4 is 17.7 Å². The molecule has 0 fully saturated rings. The van der Waals surface area contributed by atoms with Crippen LogP contribution in [0.3, 0.4) is 0 Å². The minimum atomic E-state index is -0.885. The quantitative estimate of drug-likeness (QED) is 0.772. The Balaban J connectivity index is 2.02. The van der Waals surface area contributed by atoms with E-state index in [2.05, 4.69) is 20.3 Å². The van der Waals surface area contributed by atoms with Gasteiger partial charge in [0.25, 0.3) is 0 Å². The van der Waals surface area contributed by atoms with Gasteiger partial charge in [-0.2, -0.15) is 4.98 Å². The maximum atomic E-state index is 10.6. The van der Waals surface area contributed by atoms with Crippen LogP contribution in [0.5, 0.6) is 0 Å². The minimum Gasteiger partial charge on any atom is -0.481 e. The van der Waals surface area contributed by atoms with Crippen molar-refractivity contribution in [3.8, 4) is 0 Å². The summed E-state index contributed by atoms with van der Waals surface area (Å²) in [5.74, 6) is 0.933. The minimum absolute atomic E-state index is 0.0439. The van der Waals surface area contributed by atoms with E-state index >= 15 is 0 Å². The first kappa shape index (κ1) is 13.5. The molecule has 0 spiro atoms. The molecule has 0 saturated heterocycles. The zero-order chi connectivity index (χ0) is 13.8. The molecule has 0 radical (unpaired) electrons. The fourth-order valence-corrected chi connectivity index (χ4v) is 2.23. The molecule has 0 aliphatic rings. The highest BCUT2D eigenvalue weighted by Gasteiger charge is 2.12. The van der Waals surface area contributed by atoms with Gasteiger partial charge in [-0.3, -0.25) is 4.79 Å². The van der Waals surface area contributed by atoms with Gasteiger partial charge < -0.3 is 14.2 Å². The molecule has 0 unspecified atom stereocenters. The number of aliphatic carboxylic acids is 1. The lowest BCUT2D eigenvalue weighted by molar-refractivity contribution is -0.133. The van der Waals surface area contributed by atoms with Gasteiger partial charge in [0.1, 0.15) is 5.82 Å². The normalized spacial score (nSPS) is 10.8. The molecule has 0 aromatic carbocycles. The molecule has 0 atom stereocenters. The van der Waals surface area contributed by atoms with Gasteiger partial charge >= 0.3 is 5.97 Å². The van der Waals surface area contributed by atoms with Gasteiger partial charge in [0.2, 0.25) is 5.89 Å². The predicted octanol–water partition coefficient (Wildman–Crippen LogP) is 0.697. The second-order valence-corrected chi connectivity index (χ2v) is 4.79. The number of hydrogen-bond acceptors (Lipinski definition) is 7. The van der Waals surface area contributed by atoms with E-state index in [1.54, 1.807) is 6.92 Å². The van der Waals surface area contributed by atoms with E-state index in [4.69, 9.17) is 9.63 Å². The molecule has 1 N–H and O–H groups in total. The summed E-state index contributed by atoms with van der Waals surface area (Å²) in [4.78, 5) is 14.7. The van der Waals surface area contributed by atoms with Crippen LogP contribution >= 0.6 is 11.8 Å². The highest BCUT2D eigenvalue weighted by atomic mass is 32.2. The van der Waals surface area contributed by atoms with Crippen LogP contribution in [0.1, 0.15) is 17.5 Å². The van der Waals surface area contributed by atoms with Crippen molar-refractivity contribution in [1.29, 1.82) is 0 Å². The lowest BCUT2D eigenvalue weighted by Gasteiger charge is -2.05. The topological polar surface area (TPSA) is 107 Å². The molecule has 9 heteroatoms. The lowest BCUT2D eigenvalue weighted by atomic mass is 10.4. The van der Waals surface area contributed by atoms with E-state index < -0.39 is 5.97 Å². The predicted molar refractivity (Wildman–Crippen MR) is 65.9 cm³/mol. The van der Waals surface area contributed by atoms with Crippen LogP contribution in [0.2, 0.25) is 0 Å². The molecule has 0 amide bonds. The summed E-state index contributed by atoms with van der Waals surface area (Å²) in [5, 5.41) is 20.9. The zero-order valence-corrected chi connectivity index (χ0v) is 11.3. The van der Waals surface area contributed by atoms with E-state index in [0.717, 1.165) is 17.6 Å². The number of thioether (sulfide) groups is 1. The molecule has 8 nitrogen and oxygen atoms in total. The average Bonchev–Trinajstić information content (AvgIpc) is 2.91. The Morgan fingerprint density at radius 3 is 2.84 bits per heavy atom. The standard InChI is InChI=1S/C10H13N5O3S/c1-6-11-8(18-14-6)3-4-15-7(2)12-13-10(15)19-5-9(16)17/h3-5H2,1-2H3,(H,16,17). The first-order chi connectivity index (χ1) is 9.06. The van der Waals surface area contributed by atoms with Gasteiger partial charge in [-0.15, -0.1) is 10.2 Å². The number of carboxylic acids is 1. The van der Waals surface area contributed by atoms with Crippen molar-refractivity contribution in [2.45, 2.75) is 32.0 Å². The molecule has 102 valence electrons. The third-order valence-corrected chi connectivity index (χ3v) is 3.30. The first-order valence-corrected chi connectivity index (χ1v) is 6.58. The Morgan fingerprint density at radius 1 is 1.42 bits per heavy atom. The molecule has 19 heavy (non-hydrogen) atoms. The fourth-order valence-electron chi connectivity index (χ4n) is 1.50. The Morgan fingerprint density at radius 2 is 2.21 bits per heavy atom. The number of rotatable bonds is 6. The Kier molecular flexibility index (Phi) is 4.15. The van der Waals surface area contributed by atoms with Crippen LogP contribution in [-0.2, 0) is 17.8 Å². The number of aromatic nitrogens is 5. The highest BCUT2D eigenvalue weighted by molar-refractivity contribution is 7.99. The number of carboxylic acid groups (broad SMARTS) is 1. The van der Waals surface area contributed by atoms with Crippen LogP contribution < -0.4 is 0 Å². The van der Waals surface area contributed by atoms with Gasteiger partial charge in [0, 0.05) is 13.0 Å². The van der Waals surface area contributed by atoms with E-state index in [9.17, 15) is 4.79 Å². The third kappa shape index (κ3) is 3.53. The molecular weight excluding hydrogens is 270 g/mol. The van der Waals surface area contributed by atoms with Crippen molar-refractivity contribution in [2.24, 2.45) is 0 Å². The molecule has 2 aromatic heterocycles. The summed E-state index contributed by atoms with van der Waals surface area (Å²) in [6.07, 6.45) is 0.556. The molecule has 0 saturated carbocycles. The van der Waals surface area contributed by atoms with Gasteiger partial charge in [0.15, 0.2) is 11.0 Å². The highest BCUT2D eigenvalue weighted by Crippen LogP contribution is 2.17. The lowest BCUT2D eigenvalue weighted by Crippen LogP contribution is -2.07.